The third kappa shape index (κ3) is 4.68. The third-order valence-electron chi connectivity index (χ3n) is 2.80. The molecule has 22 heavy (non-hydrogen) atoms. The first-order valence-corrected chi connectivity index (χ1v) is 7.14. The first-order chi connectivity index (χ1) is 10.7. The maximum Gasteiger partial charge on any atom is 0.269 e. The molecule has 118 valence electrons. The van der Waals surface area contributed by atoms with E-state index >= 15 is 0 Å². The van der Waals surface area contributed by atoms with Crippen LogP contribution in [0.1, 0.15) is 10.5 Å². The van der Waals surface area contributed by atoms with Gasteiger partial charge < -0.3 is 15.4 Å². The minimum Gasteiger partial charge on any atom is -0.489 e. The molecule has 2 aromatic rings. The fraction of sp³-hybridized carbons (Fsp3) is 0.385. The Morgan fingerprint density at radius 2 is 2.27 bits per heavy atom. The minimum absolute atomic E-state index is 0.170. The molecule has 0 spiro atoms. The van der Waals surface area contributed by atoms with Crippen molar-refractivity contribution in [1.82, 2.24) is 30.6 Å². The predicted octanol–water partition coefficient (Wildman–Crippen LogP) is 0.355. The molecule has 9 heteroatoms. The second-order valence-electron chi connectivity index (χ2n) is 4.33. The molecule has 0 aromatic carbocycles. The van der Waals surface area contributed by atoms with Crippen molar-refractivity contribution in [3.05, 3.63) is 35.4 Å². The van der Waals surface area contributed by atoms with Gasteiger partial charge in [-0.15, -0.1) is 5.10 Å². The highest BCUT2D eigenvalue weighted by atomic mass is 35.5. The molecule has 2 heterocycles. The second-order valence-corrected chi connectivity index (χ2v) is 4.69. The van der Waals surface area contributed by atoms with Crippen LogP contribution in [0.4, 0.5) is 0 Å². The van der Waals surface area contributed by atoms with E-state index in [4.69, 9.17) is 16.3 Å². The van der Waals surface area contributed by atoms with Crippen LogP contribution < -0.4 is 15.4 Å². The molecule has 2 N–H and O–H groups in total. The van der Waals surface area contributed by atoms with Crippen LogP contribution >= 0.6 is 11.6 Å². The number of carbonyl (C=O) groups excluding carboxylic acids is 1. The molecule has 0 aliphatic heterocycles. The Kier molecular flexibility index (Phi) is 6.11. The standard InChI is InChI=1S/C13H17ClN6O2/c1-15-13(21)10-2-3-11(12(14)18-10)22-9-6-16-4-7-20-8-5-17-19-20/h2-3,5,8,16H,4,6-7,9H2,1H3,(H,15,21). The van der Waals surface area contributed by atoms with Crippen LogP contribution in [-0.2, 0) is 6.54 Å². The lowest BCUT2D eigenvalue weighted by Gasteiger charge is -2.09. The quantitative estimate of drug-likeness (QED) is 0.538. The monoisotopic (exact) mass is 324 g/mol. The summed E-state index contributed by atoms with van der Waals surface area (Å²) in [4.78, 5) is 15.4. The van der Waals surface area contributed by atoms with Crippen LogP contribution in [0.25, 0.3) is 0 Å². The van der Waals surface area contributed by atoms with Crippen molar-refractivity contribution in [3.63, 3.8) is 0 Å². The molecule has 8 nitrogen and oxygen atoms in total. The van der Waals surface area contributed by atoms with Gasteiger partial charge in [0.1, 0.15) is 12.3 Å². The van der Waals surface area contributed by atoms with Crippen LogP contribution in [0.15, 0.2) is 24.5 Å². The maximum absolute atomic E-state index is 11.4. The second kappa shape index (κ2) is 8.30. The lowest BCUT2D eigenvalue weighted by atomic mass is 10.3. The fourth-order valence-electron chi connectivity index (χ4n) is 1.69. The van der Waals surface area contributed by atoms with E-state index < -0.39 is 0 Å². The molecular weight excluding hydrogens is 308 g/mol. The van der Waals surface area contributed by atoms with E-state index in [1.807, 2.05) is 0 Å². The van der Waals surface area contributed by atoms with Gasteiger partial charge in [-0.05, 0) is 12.1 Å². The molecule has 2 rings (SSSR count). The number of ether oxygens (including phenoxy) is 1. The van der Waals surface area contributed by atoms with Crippen LogP contribution in [0.2, 0.25) is 5.15 Å². The third-order valence-corrected chi connectivity index (χ3v) is 3.07. The van der Waals surface area contributed by atoms with Gasteiger partial charge in [-0.3, -0.25) is 9.48 Å². The highest BCUT2D eigenvalue weighted by Gasteiger charge is 2.09. The summed E-state index contributed by atoms with van der Waals surface area (Å²) >= 11 is 5.98. The van der Waals surface area contributed by atoms with Crippen molar-refractivity contribution >= 4 is 17.5 Å². The minimum atomic E-state index is -0.289. The van der Waals surface area contributed by atoms with Crippen LogP contribution in [0.5, 0.6) is 5.75 Å². The lowest BCUT2D eigenvalue weighted by Crippen LogP contribution is -2.25. The smallest absolute Gasteiger partial charge is 0.269 e. The molecule has 0 saturated heterocycles. The van der Waals surface area contributed by atoms with Crippen LogP contribution in [-0.4, -0.2) is 52.6 Å². The topological polar surface area (TPSA) is 94.0 Å². The number of nitrogens with one attached hydrogen (secondary N) is 2. The maximum atomic E-state index is 11.4. The van der Waals surface area contributed by atoms with Crippen molar-refractivity contribution in [2.24, 2.45) is 0 Å². The Morgan fingerprint density at radius 1 is 1.41 bits per heavy atom. The van der Waals surface area contributed by atoms with Crippen LogP contribution in [0.3, 0.4) is 0 Å². The van der Waals surface area contributed by atoms with E-state index in [0.29, 0.717) is 18.9 Å². The van der Waals surface area contributed by atoms with Gasteiger partial charge in [-0.1, -0.05) is 16.8 Å². The van der Waals surface area contributed by atoms with Gasteiger partial charge in [0.2, 0.25) is 0 Å². The lowest BCUT2D eigenvalue weighted by molar-refractivity contribution is 0.0958. The zero-order chi connectivity index (χ0) is 15.8. The van der Waals surface area contributed by atoms with Crippen molar-refractivity contribution in [3.8, 4) is 5.75 Å². The largest absolute Gasteiger partial charge is 0.489 e. The van der Waals surface area contributed by atoms with Gasteiger partial charge in [0.15, 0.2) is 10.9 Å². The number of nitrogens with zero attached hydrogens (tertiary/aromatic N) is 4. The summed E-state index contributed by atoms with van der Waals surface area (Å²) in [6.45, 7) is 2.59. The van der Waals surface area contributed by atoms with E-state index in [1.54, 1.807) is 29.2 Å². The van der Waals surface area contributed by atoms with E-state index in [-0.39, 0.29) is 16.8 Å². The van der Waals surface area contributed by atoms with E-state index in [0.717, 1.165) is 13.1 Å². The number of hydrogen-bond acceptors (Lipinski definition) is 6. The summed E-state index contributed by atoms with van der Waals surface area (Å²) in [6.07, 6.45) is 3.44. The molecule has 0 aliphatic rings. The molecule has 0 saturated carbocycles. The number of pyridine rings is 1. The Morgan fingerprint density at radius 3 is 2.95 bits per heavy atom. The summed E-state index contributed by atoms with van der Waals surface area (Å²) in [6, 6.07) is 3.20. The molecule has 0 aliphatic carbocycles. The SMILES string of the molecule is CNC(=O)c1ccc(OCCNCCn2ccnn2)c(Cl)n1. The normalized spacial score (nSPS) is 10.5. The zero-order valence-corrected chi connectivity index (χ0v) is 12.9. The zero-order valence-electron chi connectivity index (χ0n) is 12.1. The molecule has 1 amide bonds. The van der Waals surface area contributed by atoms with E-state index in [2.05, 4.69) is 25.9 Å². The summed E-state index contributed by atoms with van der Waals surface area (Å²) in [5, 5.41) is 13.4. The molecule has 0 bridgehead atoms. The van der Waals surface area contributed by atoms with E-state index in [9.17, 15) is 4.79 Å². The first-order valence-electron chi connectivity index (χ1n) is 6.77. The Bertz CT molecular complexity index is 605. The number of carbonyl (C=O) groups is 1. The summed E-state index contributed by atoms with van der Waals surface area (Å²) < 4.78 is 7.26. The van der Waals surface area contributed by atoms with Gasteiger partial charge in [-0.2, -0.15) is 0 Å². The molecule has 0 fully saturated rings. The summed E-state index contributed by atoms with van der Waals surface area (Å²) in [5.41, 5.74) is 0.255. The van der Waals surface area contributed by atoms with Crippen molar-refractivity contribution < 1.29 is 9.53 Å². The highest BCUT2D eigenvalue weighted by Crippen LogP contribution is 2.21. The number of aromatic nitrogens is 4. The molecule has 0 unspecified atom stereocenters. The molecule has 0 atom stereocenters. The fourth-order valence-corrected chi connectivity index (χ4v) is 1.90. The molecule has 2 aromatic heterocycles. The Hall–Kier alpha value is -2.19. The predicted molar refractivity (Wildman–Crippen MR) is 81.0 cm³/mol. The number of hydrogen-bond donors (Lipinski definition) is 2. The average Bonchev–Trinajstić information content (AvgIpc) is 3.04. The van der Waals surface area contributed by atoms with Crippen molar-refractivity contribution in [1.29, 1.82) is 0 Å². The van der Waals surface area contributed by atoms with Gasteiger partial charge in [0, 0.05) is 26.3 Å². The Labute approximate surface area is 132 Å². The number of amides is 1. The number of halogens is 1. The van der Waals surface area contributed by atoms with Gasteiger partial charge in [0.25, 0.3) is 5.91 Å². The average molecular weight is 325 g/mol. The molecular formula is C13H17ClN6O2. The van der Waals surface area contributed by atoms with Gasteiger partial charge in [-0.25, -0.2) is 4.98 Å². The summed E-state index contributed by atoms with van der Waals surface area (Å²) in [5.74, 6) is 0.163. The highest BCUT2D eigenvalue weighted by molar-refractivity contribution is 6.31. The number of rotatable bonds is 8. The first kappa shape index (κ1) is 16.2. The van der Waals surface area contributed by atoms with Crippen molar-refractivity contribution in [2.45, 2.75) is 6.54 Å². The van der Waals surface area contributed by atoms with Gasteiger partial charge >= 0.3 is 0 Å². The molecule has 0 radical (unpaired) electrons. The van der Waals surface area contributed by atoms with E-state index in [1.165, 1.54) is 7.05 Å². The van der Waals surface area contributed by atoms with Crippen molar-refractivity contribution in [2.75, 3.05) is 26.7 Å². The van der Waals surface area contributed by atoms with Crippen LogP contribution in [0, 0.1) is 0 Å². The Balaban J connectivity index is 1.69. The summed E-state index contributed by atoms with van der Waals surface area (Å²) in [7, 11) is 1.54. The van der Waals surface area contributed by atoms with Gasteiger partial charge in [0.05, 0.1) is 12.7 Å².